The lowest BCUT2D eigenvalue weighted by molar-refractivity contribution is -0.140. The van der Waals surface area contributed by atoms with E-state index in [2.05, 4.69) is 0 Å². The van der Waals surface area contributed by atoms with Gasteiger partial charge < -0.3 is 10.0 Å². The van der Waals surface area contributed by atoms with Gasteiger partial charge in [0.25, 0.3) is 5.91 Å². The van der Waals surface area contributed by atoms with Gasteiger partial charge in [0, 0.05) is 12.1 Å². The number of amides is 1. The number of hydrogen-bond donors (Lipinski definition) is 1. The fourth-order valence-electron chi connectivity index (χ4n) is 3.48. The quantitative estimate of drug-likeness (QED) is 0.932. The second-order valence-electron chi connectivity index (χ2n) is 6.26. The molecule has 0 aromatic heterocycles. The largest absolute Gasteiger partial charge is 0.481 e. The average molecular weight is 323 g/mol. The summed E-state index contributed by atoms with van der Waals surface area (Å²) in [6.07, 6.45) is 0.780. The van der Waals surface area contributed by atoms with Gasteiger partial charge in [-0.05, 0) is 30.5 Å². The Morgan fingerprint density at radius 3 is 2.42 bits per heavy atom. The normalized spacial score (nSPS) is 19.9. The monoisotopic (exact) mass is 323 g/mol. The van der Waals surface area contributed by atoms with Crippen LogP contribution in [0.5, 0.6) is 0 Å². The van der Waals surface area contributed by atoms with E-state index in [1.54, 1.807) is 29.2 Å². The lowest BCUT2D eigenvalue weighted by atomic mass is 9.79. The molecular weight excluding hydrogens is 302 g/mol. The Labute approximate surface area is 141 Å². The molecule has 2 unspecified atom stereocenters. The molecular formula is C20H21NO3. The highest BCUT2D eigenvalue weighted by Crippen LogP contribution is 2.42. The van der Waals surface area contributed by atoms with Crippen LogP contribution in [-0.2, 0) is 4.79 Å². The fourth-order valence-corrected chi connectivity index (χ4v) is 3.48. The summed E-state index contributed by atoms with van der Waals surface area (Å²) in [6, 6.07) is 14.4. The molecule has 2 aromatic rings. The number of carboxylic acids is 1. The number of fused-ring (bicyclic) bond motifs is 1. The van der Waals surface area contributed by atoms with Crippen LogP contribution in [0.1, 0.15) is 52.4 Å². The smallest absolute Gasteiger partial charge is 0.313 e. The maximum Gasteiger partial charge on any atom is 0.313 e. The molecule has 1 aliphatic rings. The summed E-state index contributed by atoms with van der Waals surface area (Å²) in [5.41, 5.74) is 3.08. The van der Waals surface area contributed by atoms with E-state index in [1.165, 1.54) is 0 Å². The highest BCUT2D eigenvalue weighted by Gasteiger charge is 2.43. The molecule has 1 N–H and O–H groups in total. The van der Waals surface area contributed by atoms with Crippen molar-refractivity contribution in [1.29, 1.82) is 0 Å². The van der Waals surface area contributed by atoms with Crippen LogP contribution in [0.15, 0.2) is 48.5 Å². The summed E-state index contributed by atoms with van der Waals surface area (Å²) in [7, 11) is 0. The van der Waals surface area contributed by atoms with Crippen molar-refractivity contribution >= 4 is 11.9 Å². The number of carboxylic acid groups (broad SMARTS) is 1. The van der Waals surface area contributed by atoms with Gasteiger partial charge >= 0.3 is 5.97 Å². The Kier molecular flexibility index (Phi) is 4.38. The molecule has 124 valence electrons. The van der Waals surface area contributed by atoms with Crippen LogP contribution in [0.25, 0.3) is 0 Å². The SMILES string of the molecule is CCCN1C(=O)c2ccccc2C(C(=O)O)C1c1ccc(C)cc1. The predicted molar refractivity (Wildman–Crippen MR) is 92.1 cm³/mol. The molecule has 1 amide bonds. The molecule has 0 saturated carbocycles. The summed E-state index contributed by atoms with van der Waals surface area (Å²) in [5, 5.41) is 9.91. The molecule has 1 aliphatic heterocycles. The molecule has 2 aromatic carbocycles. The molecule has 0 aliphatic carbocycles. The van der Waals surface area contributed by atoms with Gasteiger partial charge in [0.15, 0.2) is 0 Å². The minimum absolute atomic E-state index is 0.0875. The van der Waals surface area contributed by atoms with Crippen molar-refractivity contribution in [2.75, 3.05) is 6.54 Å². The van der Waals surface area contributed by atoms with Gasteiger partial charge in [-0.15, -0.1) is 0 Å². The topological polar surface area (TPSA) is 57.6 Å². The van der Waals surface area contributed by atoms with E-state index in [1.807, 2.05) is 38.1 Å². The van der Waals surface area contributed by atoms with Crippen molar-refractivity contribution in [3.8, 4) is 0 Å². The first-order chi connectivity index (χ1) is 11.5. The molecule has 2 atom stereocenters. The predicted octanol–water partition coefficient (Wildman–Crippen LogP) is 3.77. The summed E-state index contributed by atoms with van der Waals surface area (Å²) in [4.78, 5) is 26.8. The summed E-state index contributed by atoms with van der Waals surface area (Å²) in [6.45, 7) is 4.52. The number of nitrogens with zero attached hydrogens (tertiary/aromatic N) is 1. The molecule has 0 bridgehead atoms. The van der Waals surface area contributed by atoms with Gasteiger partial charge in [0.2, 0.25) is 0 Å². The van der Waals surface area contributed by atoms with E-state index >= 15 is 0 Å². The van der Waals surface area contributed by atoms with E-state index in [4.69, 9.17) is 0 Å². The molecule has 0 saturated heterocycles. The minimum atomic E-state index is -0.901. The van der Waals surface area contributed by atoms with E-state index in [0.717, 1.165) is 17.5 Å². The van der Waals surface area contributed by atoms with Gasteiger partial charge in [0.05, 0.1) is 6.04 Å². The van der Waals surface area contributed by atoms with Crippen LogP contribution in [-0.4, -0.2) is 28.4 Å². The van der Waals surface area contributed by atoms with Gasteiger partial charge in [-0.2, -0.15) is 0 Å². The van der Waals surface area contributed by atoms with Crippen molar-refractivity contribution in [1.82, 2.24) is 4.90 Å². The van der Waals surface area contributed by atoms with Crippen LogP contribution in [0.4, 0.5) is 0 Å². The van der Waals surface area contributed by atoms with E-state index in [-0.39, 0.29) is 5.91 Å². The van der Waals surface area contributed by atoms with Crippen LogP contribution >= 0.6 is 0 Å². The third kappa shape index (κ3) is 2.68. The Hall–Kier alpha value is -2.62. The second kappa shape index (κ2) is 6.48. The van der Waals surface area contributed by atoms with Crippen LogP contribution < -0.4 is 0 Å². The third-order valence-corrected chi connectivity index (χ3v) is 4.59. The number of carbonyl (C=O) groups excluding carboxylic acids is 1. The summed E-state index contributed by atoms with van der Waals surface area (Å²) >= 11 is 0. The zero-order valence-electron chi connectivity index (χ0n) is 13.9. The molecule has 0 radical (unpaired) electrons. The van der Waals surface area contributed by atoms with E-state index in [0.29, 0.717) is 17.7 Å². The van der Waals surface area contributed by atoms with Crippen molar-refractivity contribution in [3.05, 3.63) is 70.8 Å². The minimum Gasteiger partial charge on any atom is -0.481 e. The molecule has 24 heavy (non-hydrogen) atoms. The van der Waals surface area contributed by atoms with Gasteiger partial charge in [-0.3, -0.25) is 9.59 Å². The van der Waals surface area contributed by atoms with Crippen molar-refractivity contribution < 1.29 is 14.7 Å². The van der Waals surface area contributed by atoms with Crippen molar-refractivity contribution in [2.24, 2.45) is 0 Å². The molecule has 0 fully saturated rings. The molecule has 0 spiro atoms. The van der Waals surface area contributed by atoms with Crippen LogP contribution in [0.2, 0.25) is 0 Å². The zero-order chi connectivity index (χ0) is 17.3. The fraction of sp³-hybridized carbons (Fsp3) is 0.300. The standard InChI is InChI=1S/C20H21NO3/c1-3-12-21-18(14-10-8-13(2)9-11-14)17(20(23)24)15-6-4-5-7-16(15)19(21)22/h4-11,17-18H,3,12H2,1-2H3,(H,23,24). The maximum absolute atomic E-state index is 13.0. The molecule has 4 nitrogen and oxygen atoms in total. The van der Waals surface area contributed by atoms with Gasteiger partial charge in [0.1, 0.15) is 5.92 Å². The molecule has 4 heteroatoms. The Balaban J connectivity index is 2.19. The van der Waals surface area contributed by atoms with Gasteiger partial charge in [-0.25, -0.2) is 0 Å². The number of rotatable bonds is 4. The van der Waals surface area contributed by atoms with Gasteiger partial charge in [-0.1, -0.05) is 55.0 Å². The average Bonchev–Trinajstić information content (AvgIpc) is 2.58. The third-order valence-electron chi connectivity index (χ3n) is 4.59. The summed E-state index contributed by atoms with van der Waals surface area (Å²) < 4.78 is 0. The Morgan fingerprint density at radius 1 is 1.12 bits per heavy atom. The Bertz CT molecular complexity index is 767. The first-order valence-corrected chi connectivity index (χ1v) is 8.24. The second-order valence-corrected chi connectivity index (χ2v) is 6.26. The summed E-state index contributed by atoms with van der Waals surface area (Å²) in [5.74, 6) is -1.75. The van der Waals surface area contributed by atoms with Crippen molar-refractivity contribution in [2.45, 2.75) is 32.2 Å². The number of carbonyl (C=O) groups is 2. The molecule has 3 rings (SSSR count). The first-order valence-electron chi connectivity index (χ1n) is 8.24. The highest BCUT2D eigenvalue weighted by molar-refractivity contribution is 6.00. The number of aliphatic carboxylic acids is 1. The number of benzene rings is 2. The van der Waals surface area contributed by atoms with Crippen LogP contribution in [0, 0.1) is 6.92 Å². The Morgan fingerprint density at radius 2 is 1.79 bits per heavy atom. The lowest BCUT2D eigenvalue weighted by Crippen LogP contribution is -2.45. The maximum atomic E-state index is 13.0. The highest BCUT2D eigenvalue weighted by atomic mass is 16.4. The number of aryl methyl sites for hydroxylation is 1. The van der Waals surface area contributed by atoms with Crippen LogP contribution in [0.3, 0.4) is 0 Å². The zero-order valence-corrected chi connectivity index (χ0v) is 13.9. The number of hydrogen-bond acceptors (Lipinski definition) is 2. The van der Waals surface area contributed by atoms with E-state index < -0.39 is 17.9 Å². The lowest BCUT2D eigenvalue weighted by Gasteiger charge is -2.40. The van der Waals surface area contributed by atoms with Crippen molar-refractivity contribution in [3.63, 3.8) is 0 Å². The van der Waals surface area contributed by atoms with E-state index in [9.17, 15) is 14.7 Å². The molecule has 1 heterocycles. The first kappa shape index (κ1) is 16.2.